The summed E-state index contributed by atoms with van der Waals surface area (Å²) in [5.74, 6) is -0.170. The van der Waals surface area contributed by atoms with Gasteiger partial charge in [-0.3, -0.25) is 4.79 Å². The van der Waals surface area contributed by atoms with Crippen molar-refractivity contribution in [1.29, 1.82) is 0 Å². The number of ether oxygens (including phenoxy) is 1. The first-order valence-corrected chi connectivity index (χ1v) is 15.3. The standard InChI is InChI=1S/C32H45BrN2O3/c1-2-3-4-5-6-7-8-9-10-11-12-13-14-15-19-22-31(36)35-34-26-28-25-29(33)23-24-30(28)38-32(37)27-20-17-16-18-21-27/h16-18,20-21,23-26H,2-15,19,22H2,1H3,(H,35,36). The minimum atomic E-state index is -0.445. The molecule has 0 fully saturated rings. The number of carbonyl (C=O) groups excluding carboxylic acids is 2. The molecular weight excluding hydrogens is 540 g/mol. The highest BCUT2D eigenvalue weighted by molar-refractivity contribution is 9.10. The van der Waals surface area contributed by atoms with Crippen LogP contribution in [0.15, 0.2) is 58.1 Å². The molecule has 0 spiro atoms. The van der Waals surface area contributed by atoms with Gasteiger partial charge >= 0.3 is 5.97 Å². The van der Waals surface area contributed by atoms with Gasteiger partial charge in [0.15, 0.2) is 0 Å². The quantitative estimate of drug-likeness (QED) is 0.0553. The van der Waals surface area contributed by atoms with Gasteiger partial charge in [-0.25, -0.2) is 10.2 Å². The fourth-order valence-corrected chi connectivity index (χ4v) is 4.71. The summed E-state index contributed by atoms with van der Waals surface area (Å²) in [6.45, 7) is 2.27. The summed E-state index contributed by atoms with van der Waals surface area (Å²) in [6, 6.07) is 14.1. The molecule has 0 bridgehead atoms. The normalized spacial score (nSPS) is 11.1. The molecule has 38 heavy (non-hydrogen) atoms. The Morgan fingerprint density at radius 3 is 1.92 bits per heavy atom. The number of nitrogens with one attached hydrogen (secondary N) is 1. The van der Waals surface area contributed by atoms with Gasteiger partial charge in [0.2, 0.25) is 5.91 Å². The molecule has 5 nitrogen and oxygen atoms in total. The minimum absolute atomic E-state index is 0.103. The van der Waals surface area contributed by atoms with E-state index in [2.05, 4.69) is 33.4 Å². The number of amides is 1. The van der Waals surface area contributed by atoms with Gasteiger partial charge in [0.1, 0.15) is 5.75 Å². The largest absolute Gasteiger partial charge is 0.422 e. The van der Waals surface area contributed by atoms with E-state index in [0.717, 1.165) is 17.3 Å². The monoisotopic (exact) mass is 584 g/mol. The zero-order chi connectivity index (χ0) is 27.3. The van der Waals surface area contributed by atoms with Crippen LogP contribution in [-0.2, 0) is 4.79 Å². The summed E-state index contributed by atoms with van der Waals surface area (Å²) in [4.78, 5) is 24.6. The van der Waals surface area contributed by atoms with Crippen molar-refractivity contribution in [3.05, 3.63) is 64.1 Å². The van der Waals surface area contributed by atoms with E-state index in [-0.39, 0.29) is 5.91 Å². The fourth-order valence-electron chi connectivity index (χ4n) is 4.33. The first-order valence-electron chi connectivity index (χ1n) is 14.5. The molecule has 0 saturated heterocycles. The van der Waals surface area contributed by atoms with E-state index >= 15 is 0 Å². The van der Waals surface area contributed by atoms with Crippen LogP contribution in [0, 0.1) is 0 Å². The number of hydrogen-bond acceptors (Lipinski definition) is 4. The number of hydrazone groups is 1. The average Bonchev–Trinajstić information content (AvgIpc) is 2.92. The van der Waals surface area contributed by atoms with Crippen LogP contribution < -0.4 is 10.2 Å². The predicted molar refractivity (Wildman–Crippen MR) is 161 cm³/mol. The van der Waals surface area contributed by atoms with E-state index in [1.807, 2.05) is 6.07 Å². The molecular formula is C32H45BrN2O3. The Morgan fingerprint density at radius 1 is 0.789 bits per heavy atom. The lowest BCUT2D eigenvalue weighted by atomic mass is 10.0. The van der Waals surface area contributed by atoms with Crippen molar-refractivity contribution < 1.29 is 14.3 Å². The van der Waals surface area contributed by atoms with Gasteiger partial charge in [0.25, 0.3) is 0 Å². The van der Waals surface area contributed by atoms with Crippen molar-refractivity contribution in [2.75, 3.05) is 0 Å². The Bertz CT molecular complexity index is 962. The second-order valence-electron chi connectivity index (χ2n) is 9.93. The van der Waals surface area contributed by atoms with Crippen molar-refractivity contribution in [2.24, 2.45) is 5.10 Å². The number of halogens is 1. The van der Waals surface area contributed by atoms with Crippen molar-refractivity contribution in [2.45, 2.75) is 110 Å². The molecule has 0 aliphatic carbocycles. The molecule has 0 radical (unpaired) electrons. The van der Waals surface area contributed by atoms with E-state index in [1.165, 1.54) is 89.7 Å². The minimum Gasteiger partial charge on any atom is -0.422 e. The molecule has 6 heteroatoms. The Morgan fingerprint density at radius 2 is 1.34 bits per heavy atom. The van der Waals surface area contributed by atoms with Gasteiger partial charge < -0.3 is 4.74 Å². The third kappa shape index (κ3) is 14.5. The molecule has 0 unspecified atom stereocenters. The molecule has 208 valence electrons. The first kappa shape index (κ1) is 31.7. The summed E-state index contributed by atoms with van der Waals surface area (Å²) < 4.78 is 6.36. The molecule has 0 atom stereocenters. The molecule has 0 saturated carbocycles. The summed E-state index contributed by atoms with van der Waals surface area (Å²) in [5, 5.41) is 4.08. The van der Waals surface area contributed by atoms with Crippen LogP contribution in [0.25, 0.3) is 0 Å². The molecule has 0 aromatic heterocycles. The van der Waals surface area contributed by atoms with Crippen molar-refractivity contribution >= 4 is 34.0 Å². The van der Waals surface area contributed by atoms with Gasteiger partial charge in [0.05, 0.1) is 11.8 Å². The van der Waals surface area contributed by atoms with Crippen LogP contribution in [0.1, 0.15) is 126 Å². The summed E-state index contributed by atoms with van der Waals surface area (Å²) in [5.41, 5.74) is 3.65. The average molecular weight is 586 g/mol. The lowest BCUT2D eigenvalue weighted by molar-refractivity contribution is -0.121. The van der Waals surface area contributed by atoms with Crippen molar-refractivity contribution in [3.63, 3.8) is 0 Å². The molecule has 0 aliphatic heterocycles. The number of carbonyl (C=O) groups is 2. The molecule has 2 aromatic carbocycles. The second kappa shape index (κ2) is 20.5. The summed E-state index contributed by atoms with van der Waals surface area (Å²) >= 11 is 3.43. The zero-order valence-corrected chi connectivity index (χ0v) is 24.6. The number of rotatable bonds is 20. The molecule has 0 aliphatic rings. The van der Waals surface area contributed by atoms with Crippen LogP contribution in [0.3, 0.4) is 0 Å². The Hall–Kier alpha value is -2.47. The van der Waals surface area contributed by atoms with Crippen LogP contribution in [0.4, 0.5) is 0 Å². The van der Waals surface area contributed by atoms with Gasteiger partial charge in [0, 0.05) is 16.5 Å². The van der Waals surface area contributed by atoms with E-state index in [9.17, 15) is 9.59 Å². The third-order valence-corrected chi connectivity index (χ3v) is 7.08. The predicted octanol–water partition coefficient (Wildman–Crippen LogP) is 9.38. The maximum atomic E-state index is 12.4. The van der Waals surface area contributed by atoms with E-state index in [4.69, 9.17) is 4.74 Å². The maximum absolute atomic E-state index is 12.4. The maximum Gasteiger partial charge on any atom is 0.343 e. The lowest BCUT2D eigenvalue weighted by Gasteiger charge is -2.08. The van der Waals surface area contributed by atoms with Crippen LogP contribution in [0.5, 0.6) is 5.75 Å². The summed E-state index contributed by atoms with van der Waals surface area (Å²) in [6.07, 6.45) is 21.5. The first-order chi connectivity index (χ1) is 18.6. The Kier molecular flexibility index (Phi) is 17.1. The molecule has 2 rings (SSSR count). The fraction of sp³-hybridized carbons (Fsp3) is 0.531. The van der Waals surface area contributed by atoms with E-state index in [1.54, 1.807) is 42.5 Å². The highest BCUT2D eigenvalue weighted by atomic mass is 79.9. The highest BCUT2D eigenvalue weighted by Gasteiger charge is 2.11. The van der Waals surface area contributed by atoms with E-state index < -0.39 is 5.97 Å². The van der Waals surface area contributed by atoms with Crippen LogP contribution >= 0.6 is 15.9 Å². The second-order valence-corrected chi connectivity index (χ2v) is 10.8. The molecule has 2 aromatic rings. The van der Waals surface area contributed by atoms with Crippen molar-refractivity contribution in [1.82, 2.24) is 5.43 Å². The zero-order valence-electron chi connectivity index (χ0n) is 23.1. The molecule has 0 heterocycles. The molecule has 1 N–H and O–H groups in total. The number of esters is 1. The van der Waals surface area contributed by atoms with Crippen LogP contribution in [0.2, 0.25) is 0 Å². The number of unbranched alkanes of at least 4 members (excludes halogenated alkanes) is 14. The van der Waals surface area contributed by atoms with Gasteiger partial charge in [-0.1, -0.05) is 131 Å². The highest BCUT2D eigenvalue weighted by Crippen LogP contribution is 2.23. The van der Waals surface area contributed by atoms with Gasteiger partial charge in [-0.15, -0.1) is 0 Å². The SMILES string of the molecule is CCCCCCCCCCCCCCCCCC(=O)NN=Cc1cc(Br)ccc1OC(=O)c1ccccc1. The van der Waals surface area contributed by atoms with Crippen LogP contribution in [-0.4, -0.2) is 18.1 Å². The number of nitrogens with zero attached hydrogens (tertiary/aromatic N) is 1. The third-order valence-electron chi connectivity index (χ3n) is 6.58. The Labute approximate surface area is 238 Å². The van der Waals surface area contributed by atoms with Gasteiger partial charge in [-0.2, -0.15) is 5.10 Å². The topological polar surface area (TPSA) is 67.8 Å². The summed E-state index contributed by atoms with van der Waals surface area (Å²) in [7, 11) is 0. The lowest BCUT2D eigenvalue weighted by Crippen LogP contribution is -2.17. The smallest absolute Gasteiger partial charge is 0.343 e. The van der Waals surface area contributed by atoms with E-state index in [0.29, 0.717) is 23.3 Å². The number of hydrogen-bond donors (Lipinski definition) is 1. The van der Waals surface area contributed by atoms with Crippen molar-refractivity contribution in [3.8, 4) is 5.75 Å². The van der Waals surface area contributed by atoms with Gasteiger partial charge in [-0.05, 0) is 36.8 Å². The number of benzene rings is 2. The Balaban J connectivity index is 1.55. The molecule has 1 amide bonds.